The third-order valence-corrected chi connectivity index (χ3v) is 4.44. The summed E-state index contributed by atoms with van der Waals surface area (Å²) in [6.07, 6.45) is 0.830. The first-order chi connectivity index (χ1) is 12.1. The second kappa shape index (κ2) is 6.12. The number of benzene rings is 2. The van der Waals surface area contributed by atoms with E-state index < -0.39 is 0 Å². The first kappa shape index (κ1) is 15.5. The second-order valence-electron chi connectivity index (χ2n) is 6.21. The zero-order chi connectivity index (χ0) is 17.4. The lowest BCUT2D eigenvalue weighted by Gasteiger charge is -2.21. The Morgan fingerprint density at radius 2 is 2.00 bits per heavy atom. The summed E-state index contributed by atoms with van der Waals surface area (Å²) < 4.78 is 10.8. The van der Waals surface area contributed by atoms with E-state index in [1.165, 1.54) is 0 Å². The third kappa shape index (κ3) is 3.03. The van der Waals surface area contributed by atoms with Crippen molar-refractivity contribution in [1.82, 2.24) is 5.32 Å². The van der Waals surface area contributed by atoms with Crippen LogP contribution in [0.3, 0.4) is 0 Å². The number of carbonyl (C=O) groups is 2. The number of hydrogen-bond acceptors (Lipinski definition) is 4. The van der Waals surface area contributed by atoms with Crippen LogP contribution in [0.25, 0.3) is 0 Å². The van der Waals surface area contributed by atoms with E-state index in [1.54, 1.807) is 12.1 Å². The Kier molecular flexibility index (Phi) is 3.80. The molecule has 0 bridgehead atoms. The summed E-state index contributed by atoms with van der Waals surface area (Å²) in [6.45, 7) is 2.60. The van der Waals surface area contributed by atoms with E-state index in [-0.39, 0.29) is 24.5 Å². The summed E-state index contributed by atoms with van der Waals surface area (Å²) in [5.74, 6) is 1.18. The van der Waals surface area contributed by atoms with Crippen LogP contribution in [0.15, 0.2) is 36.4 Å². The van der Waals surface area contributed by atoms with Gasteiger partial charge in [-0.15, -0.1) is 0 Å². The fourth-order valence-corrected chi connectivity index (χ4v) is 3.06. The Bertz CT molecular complexity index is 862. The molecular weight excluding hydrogens is 320 g/mol. The van der Waals surface area contributed by atoms with Gasteiger partial charge in [-0.3, -0.25) is 9.59 Å². The first-order valence-corrected chi connectivity index (χ1v) is 8.23. The molecule has 128 valence electrons. The quantitative estimate of drug-likeness (QED) is 0.901. The number of ether oxygens (including phenoxy) is 2. The van der Waals surface area contributed by atoms with Crippen LogP contribution in [-0.2, 0) is 11.2 Å². The molecule has 0 radical (unpaired) electrons. The normalized spacial score (nSPS) is 16.0. The van der Waals surface area contributed by atoms with E-state index in [0.717, 1.165) is 23.3 Å². The largest absolute Gasteiger partial charge is 0.493 e. The fraction of sp³-hybridized carbons (Fsp3) is 0.263. The van der Waals surface area contributed by atoms with Gasteiger partial charge < -0.3 is 20.1 Å². The molecule has 2 aliphatic rings. The Labute approximate surface area is 145 Å². The molecule has 4 rings (SSSR count). The Balaban J connectivity index is 1.50. The number of rotatable bonds is 3. The van der Waals surface area contributed by atoms with Crippen LogP contribution in [0.1, 0.15) is 34.5 Å². The third-order valence-electron chi connectivity index (χ3n) is 4.44. The highest BCUT2D eigenvalue weighted by atomic mass is 16.5. The average Bonchev–Trinajstić information content (AvgIpc) is 3.08. The highest BCUT2D eigenvalue weighted by Gasteiger charge is 2.19. The molecule has 6 heteroatoms. The number of amides is 2. The first-order valence-electron chi connectivity index (χ1n) is 8.23. The molecule has 0 aliphatic carbocycles. The number of carbonyl (C=O) groups excluding carboxylic acids is 2. The van der Waals surface area contributed by atoms with Crippen molar-refractivity contribution in [3.63, 3.8) is 0 Å². The second-order valence-corrected chi connectivity index (χ2v) is 6.21. The minimum Gasteiger partial charge on any atom is -0.493 e. The molecule has 0 saturated heterocycles. The monoisotopic (exact) mass is 338 g/mol. The van der Waals surface area contributed by atoms with Crippen molar-refractivity contribution in [3.05, 3.63) is 53.1 Å². The zero-order valence-electron chi connectivity index (χ0n) is 13.8. The number of nitrogens with one attached hydrogen (secondary N) is 2. The maximum absolute atomic E-state index is 12.5. The average molecular weight is 338 g/mol. The van der Waals surface area contributed by atoms with Crippen LogP contribution < -0.4 is 20.1 Å². The number of anilines is 1. The summed E-state index contributed by atoms with van der Waals surface area (Å²) in [6, 6.07) is 10.8. The van der Waals surface area contributed by atoms with Crippen LogP contribution in [0, 0.1) is 0 Å². The van der Waals surface area contributed by atoms with E-state index in [1.807, 2.05) is 31.2 Å². The van der Waals surface area contributed by atoms with Gasteiger partial charge in [-0.25, -0.2) is 0 Å². The molecule has 2 amide bonds. The van der Waals surface area contributed by atoms with Gasteiger partial charge in [0, 0.05) is 12.0 Å². The van der Waals surface area contributed by atoms with E-state index in [0.29, 0.717) is 23.6 Å². The van der Waals surface area contributed by atoms with Crippen molar-refractivity contribution >= 4 is 17.5 Å². The molecular formula is C19H18N2O4. The summed E-state index contributed by atoms with van der Waals surface area (Å²) >= 11 is 0. The van der Waals surface area contributed by atoms with Gasteiger partial charge in [0.2, 0.25) is 0 Å². The highest BCUT2D eigenvalue weighted by Crippen LogP contribution is 2.31. The molecule has 2 aromatic carbocycles. The Morgan fingerprint density at radius 1 is 1.16 bits per heavy atom. The van der Waals surface area contributed by atoms with Crippen molar-refractivity contribution in [2.24, 2.45) is 0 Å². The molecule has 6 nitrogen and oxygen atoms in total. The van der Waals surface area contributed by atoms with Crippen LogP contribution in [-0.4, -0.2) is 25.0 Å². The van der Waals surface area contributed by atoms with Gasteiger partial charge in [-0.1, -0.05) is 6.07 Å². The lowest BCUT2D eigenvalue weighted by Crippen LogP contribution is -2.28. The SMILES string of the molecule is C[C@H](NC(=O)c1ccc2c(c1)CCO2)c1ccc2c(c1)NC(=O)CO2. The maximum atomic E-state index is 12.5. The van der Waals surface area contributed by atoms with Crippen LogP contribution >= 0.6 is 0 Å². The summed E-state index contributed by atoms with van der Waals surface area (Å²) in [5.41, 5.74) is 3.20. The number of fused-ring (bicyclic) bond motifs is 2. The fourth-order valence-electron chi connectivity index (χ4n) is 3.06. The van der Waals surface area contributed by atoms with E-state index in [9.17, 15) is 9.59 Å². The molecule has 0 unspecified atom stereocenters. The summed E-state index contributed by atoms with van der Waals surface area (Å²) in [7, 11) is 0. The molecule has 0 spiro atoms. The summed E-state index contributed by atoms with van der Waals surface area (Å²) in [4.78, 5) is 24.0. The molecule has 2 N–H and O–H groups in total. The Hall–Kier alpha value is -3.02. The van der Waals surface area contributed by atoms with Crippen LogP contribution in [0.5, 0.6) is 11.5 Å². The van der Waals surface area contributed by atoms with Crippen molar-refractivity contribution in [2.75, 3.05) is 18.5 Å². The van der Waals surface area contributed by atoms with Crippen molar-refractivity contribution in [2.45, 2.75) is 19.4 Å². The molecule has 25 heavy (non-hydrogen) atoms. The molecule has 1 atom stereocenters. The van der Waals surface area contributed by atoms with Gasteiger partial charge in [0.15, 0.2) is 6.61 Å². The minimum absolute atomic E-state index is 0.0285. The number of hydrogen-bond donors (Lipinski definition) is 2. The van der Waals surface area contributed by atoms with Gasteiger partial charge in [0.05, 0.1) is 18.3 Å². The highest BCUT2D eigenvalue weighted by molar-refractivity contribution is 5.96. The van der Waals surface area contributed by atoms with E-state index in [2.05, 4.69) is 10.6 Å². The van der Waals surface area contributed by atoms with Gasteiger partial charge >= 0.3 is 0 Å². The molecule has 0 fully saturated rings. The minimum atomic E-state index is -0.207. The van der Waals surface area contributed by atoms with Crippen LogP contribution in [0.4, 0.5) is 5.69 Å². The molecule has 2 aromatic rings. The topological polar surface area (TPSA) is 76.7 Å². The van der Waals surface area contributed by atoms with Crippen molar-refractivity contribution in [3.8, 4) is 11.5 Å². The lowest BCUT2D eigenvalue weighted by atomic mass is 10.0. The van der Waals surface area contributed by atoms with E-state index in [4.69, 9.17) is 9.47 Å². The van der Waals surface area contributed by atoms with E-state index >= 15 is 0 Å². The Morgan fingerprint density at radius 3 is 2.88 bits per heavy atom. The van der Waals surface area contributed by atoms with Crippen molar-refractivity contribution in [1.29, 1.82) is 0 Å². The smallest absolute Gasteiger partial charge is 0.262 e. The molecule has 0 saturated carbocycles. The molecule has 0 aromatic heterocycles. The predicted molar refractivity (Wildman–Crippen MR) is 92.1 cm³/mol. The standard InChI is InChI=1S/C19H18N2O4/c1-11(12-2-5-17-15(9-12)21-18(22)10-25-17)20-19(23)14-3-4-16-13(8-14)6-7-24-16/h2-5,8-9,11H,6-7,10H2,1H3,(H,20,23)(H,21,22)/t11-/m0/s1. The maximum Gasteiger partial charge on any atom is 0.262 e. The van der Waals surface area contributed by atoms with Crippen LogP contribution in [0.2, 0.25) is 0 Å². The molecule has 2 aliphatic heterocycles. The van der Waals surface area contributed by atoms with Gasteiger partial charge in [0.25, 0.3) is 11.8 Å². The van der Waals surface area contributed by atoms with Gasteiger partial charge in [-0.05, 0) is 48.4 Å². The molecule has 2 heterocycles. The van der Waals surface area contributed by atoms with Gasteiger partial charge in [0.1, 0.15) is 11.5 Å². The van der Waals surface area contributed by atoms with Crippen molar-refractivity contribution < 1.29 is 19.1 Å². The summed E-state index contributed by atoms with van der Waals surface area (Å²) in [5, 5.41) is 5.77. The lowest BCUT2D eigenvalue weighted by molar-refractivity contribution is -0.118. The zero-order valence-corrected chi connectivity index (χ0v) is 13.8. The predicted octanol–water partition coefficient (Wildman–Crippen LogP) is 2.44. The van der Waals surface area contributed by atoms with Gasteiger partial charge in [-0.2, -0.15) is 0 Å².